The molecule has 0 saturated heterocycles. The highest BCUT2D eigenvalue weighted by atomic mass is 16.5. The van der Waals surface area contributed by atoms with E-state index in [1.54, 1.807) is 0 Å². The van der Waals surface area contributed by atoms with Gasteiger partial charge >= 0.3 is 0 Å². The second-order valence-electron chi connectivity index (χ2n) is 5.07. The van der Waals surface area contributed by atoms with Crippen LogP contribution in [0.1, 0.15) is 37.7 Å². The van der Waals surface area contributed by atoms with Crippen molar-refractivity contribution in [3.8, 4) is 0 Å². The molecule has 0 fully saturated rings. The Balaban J connectivity index is 2.51. The molecule has 0 spiro atoms. The highest BCUT2D eigenvalue weighted by Crippen LogP contribution is 2.12. The van der Waals surface area contributed by atoms with Crippen LogP contribution in [0.2, 0.25) is 0 Å². The smallest absolute Gasteiger partial charge is 0.0750 e. The number of aryl methyl sites for hydroxylation is 2. The van der Waals surface area contributed by atoms with Gasteiger partial charge in [0.05, 0.1) is 11.3 Å². The Morgan fingerprint density at radius 3 is 2.47 bits per heavy atom. The molecule has 1 N–H and O–H groups in total. The minimum Gasteiger partial charge on any atom is -0.375 e. The predicted octanol–water partition coefficient (Wildman–Crippen LogP) is 1.94. The van der Waals surface area contributed by atoms with Crippen LogP contribution in [0, 0.1) is 13.8 Å². The molecule has 0 saturated carbocycles. The van der Waals surface area contributed by atoms with Gasteiger partial charge in [0.1, 0.15) is 0 Å². The van der Waals surface area contributed by atoms with Crippen LogP contribution in [0.3, 0.4) is 0 Å². The van der Waals surface area contributed by atoms with Gasteiger partial charge in [-0.1, -0.05) is 0 Å². The van der Waals surface area contributed by atoms with Crippen molar-refractivity contribution in [1.29, 1.82) is 0 Å². The van der Waals surface area contributed by atoms with E-state index in [2.05, 4.69) is 38.1 Å². The Kier molecular flexibility index (Phi) is 4.71. The number of hydrogen-bond donors (Lipinski definition) is 1. The quantitative estimate of drug-likeness (QED) is 0.824. The molecule has 0 unspecified atom stereocenters. The number of nitrogens with zero attached hydrogens (tertiary/aromatic N) is 2. The minimum absolute atomic E-state index is 0.112. The van der Waals surface area contributed by atoms with E-state index >= 15 is 0 Å². The van der Waals surface area contributed by atoms with Gasteiger partial charge in [0.25, 0.3) is 0 Å². The highest BCUT2D eigenvalue weighted by Gasteiger charge is 2.17. The van der Waals surface area contributed by atoms with Gasteiger partial charge in [-0.2, -0.15) is 5.10 Å². The summed E-state index contributed by atoms with van der Waals surface area (Å²) in [5, 5.41) is 7.85. The normalized spacial score (nSPS) is 12.1. The molecule has 0 aliphatic heterocycles. The maximum atomic E-state index is 5.65. The van der Waals surface area contributed by atoms with Gasteiger partial charge < -0.3 is 10.1 Å². The van der Waals surface area contributed by atoms with Crippen molar-refractivity contribution < 1.29 is 4.74 Å². The summed E-state index contributed by atoms with van der Waals surface area (Å²) < 4.78 is 7.58. The van der Waals surface area contributed by atoms with Gasteiger partial charge in [0.2, 0.25) is 0 Å². The Bertz CT molecular complexity index is 369. The van der Waals surface area contributed by atoms with Crippen molar-refractivity contribution in [1.82, 2.24) is 15.1 Å². The SMILES string of the molecule is CCOC(C)(C)CNCc1c(C)nn(C)c1C. The summed E-state index contributed by atoms with van der Waals surface area (Å²) in [4.78, 5) is 0. The van der Waals surface area contributed by atoms with Crippen molar-refractivity contribution >= 4 is 0 Å². The zero-order chi connectivity index (χ0) is 13.1. The average Bonchev–Trinajstić information content (AvgIpc) is 2.44. The van der Waals surface area contributed by atoms with E-state index in [0.29, 0.717) is 0 Å². The van der Waals surface area contributed by atoms with Crippen LogP contribution < -0.4 is 5.32 Å². The van der Waals surface area contributed by atoms with Crippen molar-refractivity contribution in [3.63, 3.8) is 0 Å². The van der Waals surface area contributed by atoms with Crippen LogP contribution in [0.25, 0.3) is 0 Å². The van der Waals surface area contributed by atoms with E-state index in [1.165, 1.54) is 11.3 Å². The molecular formula is C13H25N3O. The van der Waals surface area contributed by atoms with Gasteiger partial charge in [-0.05, 0) is 34.6 Å². The van der Waals surface area contributed by atoms with Gasteiger partial charge in [0, 0.05) is 38.0 Å². The summed E-state index contributed by atoms with van der Waals surface area (Å²) in [7, 11) is 1.98. The van der Waals surface area contributed by atoms with Gasteiger partial charge in [-0.25, -0.2) is 0 Å². The van der Waals surface area contributed by atoms with E-state index in [1.807, 2.05) is 18.7 Å². The Morgan fingerprint density at radius 2 is 2.00 bits per heavy atom. The van der Waals surface area contributed by atoms with Gasteiger partial charge in [-0.3, -0.25) is 4.68 Å². The number of nitrogens with one attached hydrogen (secondary N) is 1. The molecule has 0 bridgehead atoms. The Labute approximate surface area is 104 Å². The molecule has 0 aromatic carbocycles. The molecule has 4 nitrogen and oxygen atoms in total. The van der Waals surface area contributed by atoms with E-state index < -0.39 is 0 Å². The third-order valence-electron chi connectivity index (χ3n) is 3.05. The molecule has 0 aliphatic rings. The summed E-state index contributed by atoms with van der Waals surface area (Å²) in [6, 6.07) is 0. The molecule has 1 rings (SSSR count). The number of rotatable bonds is 6. The summed E-state index contributed by atoms with van der Waals surface area (Å²) in [6.45, 7) is 12.8. The van der Waals surface area contributed by atoms with E-state index in [4.69, 9.17) is 4.74 Å². The molecule has 98 valence electrons. The second-order valence-corrected chi connectivity index (χ2v) is 5.07. The first kappa shape index (κ1) is 14.2. The van der Waals surface area contributed by atoms with E-state index in [0.717, 1.165) is 25.4 Å². The second kappa shape index (κ2) is 5.65. The van der Waals surface area contributed by atoms with Crippen molar-refractivity contribution in [2.24, 2.45) is 7.05 Å². The summed E-state index contributed by atoms with van der Waals surface area (Å²) >= 11 is 0. The van der Waals surface area contributed by atoms with Crippen molar-refractivity contribution in [2.45, 2.75) is 46.8 Å². The van der Waals surface area contributed by atoms with Crippen molar-refractivity contribution in [2.75, 3.05) is 13.2 Å². The van der Waals surface area contributed by atoms with Crippen LogP contribution in [-0.2, 0) is 18.3 Å². The van der Waals surface area contributed by atoms with Crippen LogP contribution >= 0.6 is 0 Å². The summed E-state index contributed by atoms with van der Waals surface area (Å²) in [5.74, 6) is 0. The topological polar surface area (TPSA) is 39.1 Å². The number of aromatic nitrogens is 2. The monoisotopic (exact) mass is 239 g/mol. The molecule has 17 heavy (non-hydrogen) atoms. The fraction of sp³-hybridized carbons (Fsp3) is 0.769. The largest absolute Gasteiger partial charge is 0.375 e. The van der Waals surface area contributed by atoms with E-state index in [9.17, 15) is 0 Å². The molecule has 4 heteroatoms. The lowest BCUT2D eigenvalue weighted by Crippen LogP contribution is -2.37. The Hall–Kier alpha value is -0.870. The van der Waals surface area contributed by atoms with Crippen LogP contribution in [-0.4, -0.2) is 28.5 Å². The van der Waals surface area contributed by atoms with Crippen molar-refractivity contribution in [3.05, 3.63) is 17.0 Å². The first-order valence-corrected chi connectivity index (χ1v) is 6.21. The third kappa shape index (κ3) is 3.82. The Morgan fingerprint density at radius 1 is 1.35 bits per heavy atom. The van der Waals surface area contributed by atoms with E-state index in [-0.39, 0.29) is 5.60 Å². The fourth-order valence-corrected chi connectivity index (χ4v) is 2.00. The molecule has 1 aromatic rings. The average molecular weight is 239 g/mol. The first-order valence-electron chi connectivity index (χ1n) is 6.21. The molecular weight excluding hydrogens is 214 g/mol. The maximum Gasteiger partial charge on any atom is 0.0750 e. The minimum atomic E-state index is -0.112. The zero-order valence-corrected chi connectivity index (χ0v) is 11.9. The summed E-state index contributed by atoms with van der Waals surface area (Å²) in [5.41, 5.74) is 3.51. The molecule has 0 aliphatic carbocycles. The molecule has 0 radical (unpaired) electrons. The zero-order valence-electron chi connectivity index (χ0n) is 11.9. The van der Waals surface area contributed by atoms with Gasteiger partial charge in [0.15, 0.2) is 0 Å². The maximum absolute atomic E-state index is 5.65. The van der Waals surface area contributed by atoms with Crippen LogP contribution in [0.5, 0.6) is 0 Å². The van der Waals surface area contributed by atoms with Crippen LogP contribution in [0.15, 0.2) is 0 Å². The highest BCUT2D eigenvalue weighted by molar-refractivity contribution is 5.23. The molecule has 0 atom stereocenters. The molecule has 1 heterocycles. The van der Waals surface area contributed by atoms with Crippen LogP contribution in [0.4, 0.5) is 0 Å². The first-order chi connectivity index (χ1) is 7.87. The lowest BCUT2D eigenvalue weighted by molar-refractivity contribution is -0.00899. The predicted molar refractivity (Wildman–Crippen MR) is 70.1 cm³/mol. The lowest BCUT2D eigenvalue weighted by Gasteiger charge is -2.25. The van der Waals surface area contributed by atoms with Gasteiger partial charge in [-0.15, -0.1) is 0 Å². The third-order valence-corrected chi connectivity index (χ3v) is 3.05. The standard InChI is InChI=1S/C13H25N3O/c1-7-17-13(4,5)9-14-8-12-10(2)15-16(6)11(12)3/h14H,7-9H2,1-6H3. The lowest BCUT2D eigenvalue weighted by atomic mass is 10.1. The fourth-order valence-electron chi connectivity index (χ4n) is 2.00. The molecule has 1 aromatic heterocycles. The number of ether oxygens (including phenoxy) is 1. The summed E-state index contributed by atoms with van der Waals surface area (Å²) in [6.07, 6.45) is 0. The number of hydrogen-bond acceptors (Lipinski definition) is 3. The molecule has 0 amide bonds.